The fraction of sp³-hybridized carbons (Fsp3) is 1.00. The molecule has 0 radical (unpaired) electrons. The van der Waals surface area contributed by atoms with Crippen molar-refractivity contribution in [1.29, 1.82) is 0 Å². The van der Waals surface area contributed by atoms with Gasteiger partial charge in [0.2, 0.25) is 0 Å². The van der Waals surface area contributed by atoms with E-state index in [1.54, 1.807) is 0 Å². The summed E-state index contributed by atoms with van der Waals surface area (Å²) in [7, 11) is 0. The summed E-state index contributed by atoms with van der Waals surface area (Å²) < 4.78 is 0. The number of hydrogen-bond acceptors (Lipinski definition) is 1. The minimum Gasteiger partial charge on any atom is -0.312 e. The van der Waals surface area contributed by atoms with Gasteiger partial charge in [-0.1, -0.05) is 32.6 Å². The second kappa shape index (κ2) is 5.34. The lowest BCUT2D eigenvalue weighted by Crippen LogP contribution is -2.43. The summed E-state index contributed by atoms with van der Waals surface area (Å²) in [6.45, 7) is 10.4. The smallest absolute Gasteiger partial charge is 0.00967 e. The standard InChI is InChI=1S/C14H29N/c1-5-6-9-14(10-7-8-11-14)12-15-13(2,3)4/h15H,5-12H2,1-4H3. The number of nitrogens with one attached hydrogen (secondary N) is 1. The monoisotopic (exact) mass is 211 g/mol. The van der Waals surface area contributed by atoms with E-state index in [0.29, 0.717) is 5.41 Å². The first-order valence-electron chi connectivity index (χ1n) is 6.72. The molecule has 0 saturated heterocycles. The van der Waals surface area contributed by atoms with Gasteiger partial charge in [-0.05, 0) is 45.4 Å². The van der Waals surface area contributed by atoms with Gasteiger partial charge in [0.25, 0.3) is 0 Å². The van der Waals surface area contributed by atoms with Crippen LogP contribution in [0.3, 0.4) is 0 Å². The Morgan fingerprint density at radius 2 is 1.73 bits per heavy atom. The van der Waals surface area contributed by atoms with Gasteiger partial charge in [-0.25, -0.2) is 0 Å². The third kappa shape index (κ3) is 4.55. The van der Waals surface area contributed by atoms with Gasteiger partial charge in [-0.3, -0.25) is 0 Å². The van der Waals surface area contributed by atoms with E-state index in [0.717, 1.165) is 0 Å². The molecule has 0 aromatic carbocycles. The van der Waals surface area contributed by atoms with Crippen molar-refractivity contribution in [1.82, 2.24) is 5.32 Å². The van der Waals surface area contributed by atoms with Crippen LogP contribution in [-0.2, 0) is 0 Å². The summed E-state index contributed by atoms with van der Waals surface area (Å²) in [5.74, 6) is 0. The molecule has 1 aliphatic carbocycles. The van der Waals surface area contributed by atoms with Crippen LogP contribution in [0.2, 0.25) is 0 Å². The van der Waals surface area contributed by atoms with Gasteiger partial charge in [-0.15, -0.1) is 0 Å². The summed E-state index contributed by atoms with van der Waals surface area (Å²) in [5.41, 5.74) is 0.922. The maximum absolute atomic E-state index is 3.71. The Hall–Kier alpha value is -0.0400. The average molecular weight is 211 g/mol. The van der Waals surface area contributed by atoms with Crippen molar-refractivity contribution in [2.75, 3.05) is 6.54 Å². The van der Waals surface area contributed by atoms with Crippen LogP contribution in [0.1, 0.15) is 72.6 Å². The quantitative estimate of drug-likeness (QED) is 0.721. The molecule has 1 nitrogen and oxygen atoms in total. The van der Waals surface area contributed by atoms with Gasteiger partial charge in [-0.2, -0.15) is 0 Å². The van der Waals surface area contributed by atoms with E-state index in [-0.39, 0.29) is 5.54 Å². The third-order valence-electron chi connectivity index (χ3n) is 3.72. The molecule has 1 rings (SSSR count). The van der Waals surface area contributed by atoms with Crippen molar-refractivity contribution in [3.8, 4) is 0 Å². The molecule has 1 saturated carbocycles. The normalized spacial score (nSPS) is 20.8. The largest absolute Gasteiger partial charge is 0.312 e. The maximum Gasteiger partial charge on any atom is 0.00967 e. The van der Waals surface area contributed by atoms with Crippen LogP contribution in [0.4, 0.5) is 0 Å². The lowest BCUT2D eigenvalue weighted by atomic mass is 9.80. The summed E-state index contributed by atoms with van der Waals surface area (Å²) in [5, 5.41) is 3.71. The lowest BCUT2D eigenvalue weighted by Gasteiger charge is -2.33. The fourth-order valence-electron chi connectivity index (χ4n) is 2.64. The molecule has 0 bridgehead atoms. The first-order valence-corrected chi connectivity index (χ1v) is 6.72. The number of rotatable bonds is 5. The van der Waals surface area contributed by atoms with Gasteiger partial charge >= 0.3 is 0 Å². The van der Waals surface area contributed by atoms with Crippen LogP contribution < -0.4 is 5.32 Å². The average Bonchev–Trinajstić information content (AvgIpc) is 2.60. The summed E-state index contributed by atoms with van der Waals surface area (Å²) in [6, 6.07) is 0. The van der Waals surface area contributed by atoms with E-state index in [1.165, 1.54) is 51.5 Å². The molecule has 0 aliphatic heterocycles. The molecule has 1 aliphatic rings. The highest BCUT2D eigenvalue weighted by atomic mass is 15.0. The Kier molecular flexibility index (Phi) is 4.64. The Balaban J connectivity index is 2.42. The Labute approximate surface area is 96.0 Å². The molecule has 0 unspecified atom stereocenters. The zero-order chi connectivity index (χ0) is 11.4. The minimum absolute atomic E-state index is 0.280. The van der Waals surface area contributed by atoms with E-state index in [2.05, 4.69) is 33.0 Å². The second-order valence-corrected chi connectivity index (χ2v) is 6.41. The molecule has 0 aromatic heterocycles. The van der Waals surface area contributed by atoms with Crippen LogP contribution >= 0.6 is 0 Å². The van der Waals surface area contributed by atoms with E-state index in [4.69, 9.17) is 0 Å². The molecule has 1 N–H and O–H groups in total. The predicted octanol–water partition coefficient (Wildman–Crippen LogP) is 4.13. The molecular weight excluding hydrogens is 182 g/mol. The number of unbranched alkanes of at least 4 members (excludes halogenated alkanes) is 1. The van der Waals surface area contributed by atoms with Gasteiger partial charge in [0.05, 0.1) is 0 Å². The van der Waals surface area contributed by atoms with Crippen molar-refractivity contribution in [3.05, 3.63) is 0 Å². The maximum atomic E-state index is 3.71. The zero-order valence-electron chi connectivity index (χ0n) is 11.2. The fourth-order valence-corrected chi connectivity index (χ4v) is 2.64. The molecule has 0 aromatic rings. The SMILES string of the molecule is CCCCC1(CNC(C)(C)C)CCCC1. The molecule has 0 spiro atoms. The predicted molar refractivity (Wildman–Crippen MR) is 68.2 cm³/mol. The van der Waals surface area contributed by atoms with Gasteiger partial charge in [0.15, 0.2) is 0 Å². The van der Waals surface area contributed by atoms with Crippen LogP contribution in [0, 0.1) is 5.41 Å². The van der Waals surface area contributed by atoms with E-state index in [1.807, 2.05) is 0 Å². The topological polar surface area (TPSA) is 12.0 Å². The van der Waals surface area contributed by atoms with Crippen LogP contribution in [0.5, 0.6) is 0 Å². The lowest BCUT2D eigenvalue weighted by molar-refractivity contribution is 0.223. The van der Waals surface area contributed by atoms with Crippen molar-refractivity contribution in [2.45, 2.75) is 78.2 Å². The second-order valence-electron chi connectivity index (χ2n) is 6.41. The molecule has 1 heteroatoms. The summed E-state index contributed by atoms with van der Waals surface area (Å²) in [4.78, 5) is 0. The molecule has 0 heterocycles. The Morgan fingerprint density at radius 1 is 1.13 bits per heavy atom. The highest BCUT2D eigenvalue weighted by Crippen LogP contribution is 2.42. The molecule has 0 amide bonds. The summed E-state index contributed by atoms with van der Waals surface area (Å²) in [6.07, 6.45) is 10.0. The van der Waals surface area contributed by atoms with Crippen LogP contribution in [0.15, 0.2) is 0 Å². The molecule has 90 valence electrons. The van der Waals surface area contributed by atoms with Crippen LogP contribution in [0.25, 0.3) is 0 Å². The molecule has 1 fully saturated rings. The Bertz CT molecular complexity index is 172. The van der Waals surface area contributed by atoms with Gasteiger partial charge in [0.1, 0.15) is 0 Å². The molecule has 15 heavy (non-hydrogen) atoms. The molecular formula is C14H29N. The summed E-state index contributed by atoms with van der Waals surface area (Å²) >= 11 is 0. The minimum atomic E-state index is 0.280. The number of hydrogen-bond donors (Lipinski definition) is 1. The van der Waals surface area contributed by atoms with Gasteiger partial charge in [0, 0.05) is 12.1 Å². The van der Waals surface area contributed by atoms with E-state index >= 15 is 0 Å². The highest BCUT2D eigenvalue weighted by Gasteiger charge is 2.33. The van der Waals surface area contributed by atoms with E-state index in [9.17, 15) is 0 Å². The Morgan fingerprint density at radius 3 is 2.20 bits per heavy atom. The molecule has 0 atom stereocenters. The van der Waals surface area contributed by atoms with Crippen molar-refractivity contribution in [2.24, 2.45) is 5.41 Å². The zero-order valence-corrected chi connectivity index (χ0v) is 11.2. The first-order chi connectivity index (χ1) is 6.97. The van der Waals surface area contributed by atoms with Crippen molar-refractivity contribution >= 4 is 0 Å². The van der Waals surface area contributed by atoms with E-state index < -0.39 is 0 Å². The highest BCUT2D eigenvalue weighted by molar-refractivity contribution is 4.88. The van der Waals surface area contributed by atoms with Crippen LogP contribution in [-0.4, -0.2) is 12.1 Å². The third-order valence-corrected chi connectivity index (χ3v) is 3.72. The first kappa shape index (κ1) is 13.0. The van der Waals surface area contributed by atoms with Crippen molar-refractivity contribution < 1.29 is 0 Å². The van der Waals surface area contributed by atoms with Crippen molar-refractivity contribution in [3.63, 3.8) is 0 Å². The van der Waals surface area contributed by atoms with Gasteiger partial charge < -0.3 is 5.32 Å².